The smallest absolute Gasteiger partial charge is 0.251 e. The zero-order chi connectivity index (χ0) is 11.1. The van der Waals surface area contributed by atoms with Crippen LogP contribution in [0, 0.1) is 0 Å². The summed E-state index contributed by atoms with van der Waals surface area (Å²) < 4.78 is 0. The highest BCUT2D eigenvalue weighted by Crippen LogP contribution is 2.10. The molecule has 0 radical (unpaired) electrons. The van der Waals surface area contributed by atoms with Gasteiger partial charge in [-0.2, -0.15) is 0 Å². The first-order valence-corrected chi connectivity index (χ1v) is 5.00. The summed E-state index contributed by atoms with van der Waals surface area (Å²) >= 11 is 5.76. The Balaban J connectivity index is 2.50. The third-order valence-corrected chi connectivity index (χ3v) is 2.01. The number of halogens is 1. The van der Waals surface area contributed by atoms with E-state index in [0.717, 1.165) is 0 Å². The fraction of sp³-hybridized carbons (Fsp3) is 0.182. The molecular formula is C11H13ClN2O. The van der Waals surface area contributed by atoms with Gasteiger partial charge in [0.15, 0.2) is 0 Å². The summed E-state index contributed by atoms with van der Waals surface area (Å²) in [6.07, 6.45) is 3.60. The molecule has 1 aromatic carbocycles. The molecule has 80 valence electrons. The van der Waals surface area contributed by atoms with Crippen LogP contribution in [-0.4, -0.2) is 19.0 Å². The van der Waals surface area contributed by atoms with Crippen LogP contribution in [0.25, 0.3) is 0 Å². The molecular weight excluding hydrogens is 212 g/mol. The number of carbonyl (C=O) groups excluding carboxylic acids is 1. The normalized spacial score (nSPS) is 10.5. The Bertz CT molecular complexity index is 363. The van der Waals surface area contributed by atoms with E-state index < -0.39 is 0 Å². The van der Waals surface area contributed by atoms with E-state index in [2.05, 4.69) is 5.32 Å². The molecule has 0 atom stereocenters. The highest BCUT2D eigenvalue weighted by Gasteiger charge is 2.03. The van der Waals surface area contributed by atoms with Crippen LogP contribution in [0.1, 0.15) is 10.4 Å². The van der Waals surface area contributed by atoms with Crippen molar-refractivity contribution in [1.82, 2.24) is 5.32 Å². The molecule has 0 saturated carbocycles. The number of nitrogens with two attached hydrogens (primary N) is 1. The van der Waals surface area contributed by atoms with Crippen molar-refractivity contribution >= 4 is 17.5 Å². The lowest BCUT2D eigenvalue weighted by molar-refractivity contribution is 0.0958. The molecule has 0 saturated heterocycles. The average Bonchev–Trinajstić information content (AvgIpc) is 2.24. The number of benzene rings is 1. The van der Waals surface area contributed by atoms with Gasteiger partial charge in [0, 0.05) is 23.7 Å². The third kappa shape index (κ3) is 4.14. The number of amides is 1. The maximum absolute atomic E-state index is 11.5. The summed E-state index contributed by atoms with van der Waals surface area (Å²) in [6, 6.07) is 6.82. The van der Waals surface area contributed by atoms with Crippen LogP contribution in [0.2, 0.25) is 5.02 Å². The molecule has 0 spiro atoms. The fourth-order valence-electron chi connectivity index (χ4n) is 1.06. The predicted molar refractivity (Wildman–Crippen MR) is 62.0 cm³/mol. The van der Waals surface area contributed by atoms with E-state index in [0.29, 0.717) is 23.7 Å². The van der Waals surface area contributed by atoms with Crippen LogP contribution in [0.15, 0.2) is 36.4 Å². The standard InChI is InChI=1S/C11H13ClN2O/c12-10-5-3-4-9(8-10)11(15)14-7-2-1-6-13/h1-5,8H,6-7,13H2,(H,14,15)/b2-1+. The Morgan fingerprint density at radius 3 is 2.93 bits per heavy atom. The van der Waals surface area contributed by atoms with Crippen molar-refractivity contribution in [1.29, 1.82) is 0 Å². The molecule has 0 bridgehead atoms. The van der Waals surface area contributed by atoms with Crippen LogP contribution < -0.4 is 11.1 Å². The number of hydrogen-bond donors (Lipinski definition) is 2. The quantitative estimate of drug-likeness (QED) is 0.764. The van der Waals surface area contributed by atoms with E-state index in [-0.39, 0.29) is 5.91 Å². The van der Waals surface area contributed by atoms with E-state index in [1.807, 2.05) is 6.08 Å². The Kier molecular flexibility index (Phi) is 4.87. The van der Waals surface area contributed by atoms with Gasteiger partial charge < -0.3 is 11.1 Å². The second kappa shape index (κ2) is 6.22. The minimum absolute atomic E-state index is 0.140. The lowest BCUT2D eigenvalue weighted by Crippen LogP contribution is -2.23. The SMILES string of the molecule is NC/C=C/CNC(=O)c1cccc(Cl)c1. The molecule has 15 heavy (non-hydrogen) atoms. The molecule has 0 aromatic heterocycles. The number of nitrogens with one attached hydrogen (secondary N) is 1. The zero-order valence-electron chi connectivity index (χ0n) is 8.24. The second-order valence-electron chi connectivity index (χ2n) is 2.93. The molecule has 1 amide bonds. The van der Waals surface area contributed by atoms with Crippen LogP contribution in [0.5, 0.6) is 0 Å². The summed E-state index contributed by atoms with van der Waals surface area (Å²) in [5.41, 5.74) is 5.82. The molecule has 3 nitrogen and oxygen atoms in total. The van der Waals surface area contributed by atoms with Crippen LogP contribution in [-0.2, 0) is 0 Å². The van der Waals surface area contributed by atoms with E-state index >= 15 is 0 Å². The van der Waals surface area contributed by atoms with Gasteiger partial charge in [0.1, 0.15) is 0 Å². The monoisotopic (exact) mass is 224 g/mol. The second-order valence-corrected chi connectivity index (χ2v) is 3.36. The van der Waals surface area contributed by atoms with E-state index in [1.54, 1.807) is 30.3 Å². The molecule has 0 heterocycles. The number of carbonyl (C=O) groups is 1. The first-order chi connectivity index (χ1) is 7.24. The minimum atomic E-state index is -0.140. The van der Waals surface area contributed by atoms with E-state index in [1.165, 1.54) is 0 Å². The van der Waals surface area contributed by atoms with Crippen LogP contribution in [0.3, 0.4) is 0 Å². The van der Waals surface area contributed by atoms with E-state index in [4.69, 9.17) is 17.3 Å². The van der Waals surface area contributed by atoms with Gasteiger partial charge in [-0.3, -0.25) is 4.79 Å². The summed E-state index contributed by atoms with van der Waals surface area (Å²) in [7, 11) is 0. The molecule has 0 aliphatic rings. The predicted octanol–water partition coefficient (Wildman–Crippen LogP) is 1.58. The maximum atomic E-state index is 11.5. The van der Waals surface area contributed by atoms with Crippen molar-refractivity contribution in [2.75, 3.05) is 13.1 Å². The topological polar surface area (TPSA) is 55.1 Å². The first-order valence-electron chi connectivity index (χ1n) is 4.63. The zero-order valence-corrected chi connectivity index (χ0v) is 9.00. The van der Waals surface area contributed by atoms with E-state index in [9.17, 15) is 4.79 Å². The lowest BCUT2D eigenvalue weighted by Gasteiger charge is -2.02. The Labute approximate surface area is 93.9 Å². The van der Waals surface area contributed by atoms with Gasteiger partial charge in [-0.25, -0.2) is 0 Å². The van der Waals surface area contributed by atoms with Crippen molar-refractivity contribution in [2.45, 2.75) is 0 Å². The molecule has 1 aromatic rings. The number of hydrogen-bond acceptors (Lipinski definition) is 2. The van der Waals surface area contributed by atoms with Gasteiger partial charge in [0.05, 0.1) is 0 Å². The first kappa shape index (κ1) is 11.8. The van der Waals surface area contributed by atoms with Crippen molar-refractivity contribution in [3.8, 4) is 0 Å². The highest BCUT2D eigenvalue weighted by molar-refractivity contribution is 6.30. The fourth-order valence-corrected chi connectivity index (χ4v) is 1.25. The summed E-state index contributed by atoms with van der Waals surface area (Å²) in [6.45, 7) is 0.954. The van der Waals surface area contributed by atoms with Gasteiger partial charge in [0.2, 0.25) is 0 Å². The van der Waals surface area contributed by atoms with Crippen molar-refractivity contribution in [2.24, 2.45) is 5.73 Å². The largest absolute Gasteiger partial charge is 0.349 e. The Hall–Kier alpha value is -1.32. The van der Waals surface area contributed by atoms with Gasteiger partial charge in [0.25, 0.3) is 5.91 Å². The molecule has 0 unspecified atom stereocenters. The maximum Gasteiger partial charge on any atom is 0.251 e. The Morgan fingerprint density at radius 1 is 1.47 bits per heavy atom. The van der Waals surface area contributed by atoms with Crippen molar-refractivity contribution in [3.63, 3.8) is 0 Å². The summed E-state index contributed by atoms with van der Waals surface area (Å²) in [5, 5.41) is 3.28. The van der Waals surface area contributed by atoms with Crippen molar-refractivity contribution < 1.29 is 4.79 Å². The van der Waals surface area contributed by atoms with Gasteiger partial charge in [-0.05, 0) is 18.2 Å². The molecule has 1 rings (SSSR count). The molecule has 0 aliphatic carbocycles. The summed E-state index contributed by atoms with van der Waals surface area (Å²) in [4.78, 5) is 11.5. The summed E-state index contributed by atoms with van der Waals surface area (Å²) in [5.74, 6) is -0.140. The van der Waals surface area contributed by atoms with Gasteiger partial charge in [-0.1, -0.05) is 29.8 Å². The van der Waals surface area contributed by atoms with Crippen LogP contribution in [0.4, 0.5) is 0 Å². The van der Waals surface area contributed by atoms with Gasteiger partial charge in [-0.15, -0.1) is 0 Å². The molecule has 0 aliphatic heterocycles. The Morgan fingerprint density at radius 2 is 2.27 bits per heavy atom. The molecule has 0 fully saturated rings. The number of rotatable bonds is 4. The van der Waals surface area contributed by atoms with Gasteiger partial charge >= 0.3 is 0 Å². The molecule has 3 N–H and O–H groups in total. The highest BCUT2D eigenvalue weighted by atomic mass is 35.5. The third-order valence-electron chi connectivity index (χ3n) is 1.77. The average molecular weight is 225 g/mol. The lowest BCUT2D eigenvalue weighted by atomic mass is 10.2. The molecule has 4 heteroatoms. The van der Waals surface area contributed by atoms with Crippen molar-refractivity contribution in [3.05, 3.63) is 47.0 Å². The minimum Gasteiger partial charge on any atom is -0.349 e. The van der Waals surface area contributed by atoms with Crippen LogP contribution >= 0.6 is 11.6 Å².